The number of carbonyl (C=O) groups is 1. The van der Waals surface area contributed by atoms with E-state index in [1.807, 2.05) is 12.2 Å². The molecule has 2 fully saturated rings. The van der Waals surface area contributed by atoms with E-state index in [0.29, 0.717) is 12.8 Å². The van der Waals surface area contributed by atoms with Gasteiger partial charge in [-0.15, -0.1) is 0 Å². The third-order valence-electron chi connectivity index (χ3n) is 3.87. The van der Waals surface area contributed by atoms with Crippen LogP contribution in [0.3, 0.4) is 0 Å². The van der Waals surface area contributed by atoms with E-state index in [1.54, 1.807) is 0 Å². The SMILES string of the molecule is CCC[C@H](/C=C/[C@@H]1[C@H]2CC(=O)O[C@H]2C[C@H]1O)OP.[3HH]. The Balaban J connectivity index is 0.00000180. The zero-order valence-corrected chi connectivity index (χ0v) is 11.8. The summed E-state index contributed by atoms with van der Waals surface area (Å²) in [6.07, 6.45) is 6.54. The Morgan fingerprint density at radius 2 is 2.50 bits per heavy atom. The fraction of sp³-hybridized carbons (Fsp3) is 0.769. The van der Waals surface area contributed by atoms with Gasteiger partial charge in [-0.1, -0.05) is 25.5 Å². The lowest BCUT2D eigenvalue weighted by atomic mass is 9.91. The lowest BCUT2D eigenvalue weighted by Gasteiger charge is -2.16. The minimum Gasteiger partial charge on any atom is -0.462 e. The van der Waals surface area contributed by atoms with Crippen LogP contribution in [-0.4, -0.2) is 29.4 Å². The predicted octanol–water partition coefficient (Wildman–Crippen LogP) is 2.08. The summed E-state index contributed by atoms with van der Waals surface area (Å²) >= 11 is 0. The van der Waals surface area contributed by atoms with Gasteiger partial charge in [-0.2, -0.15) is 0 Å². The molecular formula is C13H23O4P. The molecule has 0 aromatic carbocycles. The summed E-state index contributed by atoms with van der Waals surface area (Å²) in [5.41, 5.74) is 0. The Morgan fingerprint density at radius 1 is 1.72 bits per heavy atom. The van der Waals surface area contributed by atoms with Crippen molar-refractivity contribution in [1.82, 2.24) is 0 Å². The molecule has 0 aromatic rings. The summed E-state index contributed by atoms with van der Waals surface area (Å²) < 4.78 is 10.5. The number of rotatable bonds is 5. The van der Waals surface area contributed by atoms with Crippen molar-refractivity contribution in [3.05, 3.63) is 12.2 Å². The highest BCUT2D eigenvalue weighted by molar-refractivity contribution is 7.09. The predicted molar refractivity (Wildman–Crippen MR) is 72.8 cm³/mol. The van der Waals surface area contributed by atoms with Crippen LogP contribution in [0.25, 0.3) is 0 Å². The molecule has 2 aliphatic rings. The van der Waals surface area contributed by atoms with Gasteiger partial charge in [0.2, 0.25) is 0 Å². The Labute approximate surface area is 112 Å². The number of ether oxygens (including phenoxy) is 1. The number of aliphatic hydroxyl groups is 1. The molecule has 1 heterocycles. The van der Waals surface area contributed by atoms with Crippen molar-refractivity contribution < 1.29 is 20.6 Å². The first-order valence-electron chi connectivity index (χ1n) is 6.57. The topological polar surface area (TPSA) is 55.8 Å². The summed E-state index contributed by atoms with van der Waals surface area (Å²) in [5, 5.41) is 10.0. The van der Waals surface area contributed by atoms with Gasteiger partial charge in [0.25, 0.3) is 0 Å². The zero-order chi connectivity index (χ0) is 13.1. The van der Waals surface area contributed by atoms with E-state index in [0.717, 1.165) is 12.8 Å². The van der Waals surface area contributed by atoms with Crippen molar-refractivity contribution in [2.75, 3.05) is 0 Å². The number of hydrogen-bond acceptors (Lipinski definition) is 4. The van der Waals surface area contributed by atoms with Gasteiger partial charge in [-0.3, -0.25) is 4.79 Å². The molecule has 0 radical (unpaired) electrons. The maximum atomic E-state index is 11.2. The molecule has 0 amide bonds. The summed E-state index contributed by atoms with van der Waals surface area (Å²) in [6.45, 7) is 2.11. The molecule has 0 aromatic heterocycles. The Morgan fingerprint density at radius 3 is 3.17 bits per heavy atom. The number of aliphatic hydroxyl groups excluding tert-OH is 1. The van der Waals surface area contributed by atoms with Gasteiger partial charge in [0, 0.05) is 29.2 Å². The number of carbonyl (C=O) groups excluding carboxylic acids is 1. The van der Waals surface area contributed by atoms with Crippen LogP contribution in [0, 0.1) is 11.8 Å². The van der Waals surface area contributed by atoms with E-state index < -0.39 is 6.10 Å². The zero-order valence-electron chi connectivity index (χ0n) is 10.6. The molecule has 2 rings (SSSR count). The normalized spacial score (nSPS) is 36.9. The van der Waals surface area contributed by atoms with Gasteiger partial charge in [-0.05, 0) is 6.42 Å². The standard InChI is InChI=1S/C13H21O4P.H2/c1-2-3-8(17-18)4-5-9-10-6-13(15)16-12(10)7-11(9)14;/h4-5,8-12,14H,2-3,6-7,18H2,1H3;1H/b5-4+;/t8-,9-,10-,11-,12+;/m1./s1/i;1+2. The van der Waals surface area contributed by atoms with Crippen molar-refractivity contribution in [2.24, 2.45) is 11.8 Å². The largest absolute Gasteiger partial charge is 0.462 e. The second-order valence-corrected chi connectivity index (χ2v) is 5.40. The fourth-order valence-electron chi connectivity index (χ4n) is 2.93. The van der Waals surface area contributed by atoms with Crippen molar-refractivity contribution in [3.8, 4) is 0 Å². The second kappa shape index (κ2) is 6.14. The average Bonchev–Trinajstić information content (AvgIpc) is 2.80. The highest BCUT2D eigenvalue weighted by Gasteiger charge is 2.48. The Hall–Kier alpha value is -0.440. The molecular weight excluding hydrogens is 251 g/mol. The van der Waals surface area contributed by atoms with E-state index in [-0.39, 0.29) is 31.4 Å². The van der Waals surface area contributed by atoms with Crippen molar-refractivity contribution in [1.29, 1.82) is 0 Å². The highest BCUT2D eigenvalue weighted by atomic mass is 31.0. The first-order valence-corrected chi connectivity index (χ1v) is 7.04. The number of fused-ring (bicyclic) bond motifs is 1. The fourth-order valence-corrected chi connectivity index (χ4v) is 3.16. The van der Waals surface area contributed by atoms with Gasteiger partial charge in [0.05, 0.1) is 18.6 Å². The number of esters is 1. The molecule has 0 bridgehead atoms. The lowest BCUT2D eigenvalue weighted by Crippen LogP contribution is -2.18. The monoisotopic (exact) mass is 276 g/mol. The smallest absolute Gasteiger partial charge is 0.306 e. The molecule has 18 heavy (non-hydrogen) atoms. The highest BCUT2D eigenvalue weighted by Crippen LogP contribution is 2.42. The van der Waals surface area contributed by atoms with E-state index in [9.17, 15) is 9.90 Å². The van der Waals surface area contributed by atoms with Crippen LogP contribution < -0.4 is 0 Å². The van der Waals surface area contributed by atoms with Gasteiger partial charge >= 0.3 is 5.97 Å². The molecule has 4 nitrogen and oxygen atoms in total. The molecule has 1 unspecified atom stereocenters. The quantitative estimate of drug-likeness (QED) is 0.474. The maximum Gasteiger partial charge on any atom is 0.306 e. The first kappa shape index (κ1) is 14.0. The molecule has 1 saturated carbocycles. The summed E-state index contributed by atoms with van der Waals surface area (Å²) in [4.78, 5) is 11.2. The van der Waals surface area contributed by atoms with Crippen LogP contribution in [0.4, 0.5) is 0 Å². The first-order chi connectivity index (χ1) is 8.65. The molecule has 1 N–H and O–H groups in total. The third-order valence-corrected chi connectivity index (χ3v) is 4.22. The van der Waals surface area contributed by atoms with Crippen LogP contribution in [-0.2, 0) is 14.1 Å². The molecule has 1 saturated heterocycles. The minimum absolute atomic E-state index is 0. The van der Waals surface area contributed by atoms with Gasteiger partial charge in [0.15, 0.2) is 0 Å². The van der Waals surface area contributed by atoms with E-state index >= 15 is 0 Å². The lowest BCUT2D eigenvalue weighted by molar-refractivity contribution is -0.141. The van der Waals surface area contributed by atoms with Crippen LogP contribution in [0.2, 0.25) is 0 Å². The summed E-state index contributed by atoms with van der Waals surface area (Å²) in [7, 11) is 2.28. The van der Waals surface area contributed by atoms with Crippen molar-refractivity contribution in [2.45, 2.75) is 50.9 Å². The maximum absolute atomic E-state index is 11.2. The van der Waals surface area contributed by atoms with E-state index in [4.69, 9.17) is 9.26 Å². The van der Waals surface area contributed by atoms with Crippen LogP contribution >= 0.6 is 9.47 Å². The van der Waals surface area contributed by atoms with Crippen LogP contribution in [0.5, 0.6) is 0 Å². The van der Waals surface area contributed by atoms with Crippen molar-refractivity contribution in [3.63, 3.8) is 0 Å². The van der Waals surface area contributed by atoms with E-state index in [2.05, 4.69) is 16.4 Å². The molecule has 5 heteroatoms. The Kier molecular flexibility index (Phi) is 4.77. The van der Waals surface area contributed by atoms with Gasteiger partial charge < -0.3 is 14.4 Å². The van der Waals surface area contributed by atoms with Crippen LogP contribution in [0.15, 0.2) is 12.2 Å². The molecule has 0 spiro atoms. The molecule has 1 aliphatic carbocycles. The molecule has 6 atom stereocenters. The minimum atomic E-state index is -0.406. The van der Waals surface area contributed by atoms with E-state index in [1.165, 1.54) is 0 Å². The molecule has 1 aliphatic heterocycles. The summed E-state index contributed by atoms with van der Waals surface area (Å²) in [5.74, 6) is 0.0131. The second-order valence-electron chi connectivity index (χ2n) is 5.12. The van der Waals surface area contributed by atoms with Crippen LogP contribution in [0.1, 0.15) is 34.0 Å². The van der Waals surface area contributed by atoms with Crippen molar-refractivity contribution >= 4 is 15.4 Å². The average molecular weight is 276 g/mol. The summed E-state index contributed by atoms with van der Waals surface area (Å²) in [6, 6.07) is 0. The number of hydrogen-bond donors (Lipinski definition) is 1. The van der Waals surface area contributed by atoms with Gasteiger partial charge in [0.1, 0.15) is 6.10 Å². The third kappa shape index (κ3) is 2.93. The Bertz CT molecular complexity index is 337. The molecule has 104 valence electrons. The van der Waals surface area contributed by atoms with Gasteiger partial charge in [-0.25, -0.2) is 0 Å².